The van der Waals surface area contributed by atoms with Crippen molar-refractivity contribution in [2.75, 3.05) is 26.2 Å². The van der Waals surface area contributed by atoms with E-state index in [2.05, 4.69) is 19.8 Å². The molecule has 1 aromatic carbocycles. The number of aromatic nitrogens is 2. The van der Waals surface area contributed by atoms with Gasteiger partial charge in [0.2, 0.25) is 0 Å². The zero-order valence-electron chi connectivity index (χ0n) is 19.0. The number of carbonyl (C=O) groups is 2. The lowest BCUT2D eigenvalue weighted by molar-refractivity contribution is 0.0391. The molecule has 0 bridgehead atoms. The molecule has 7 nitrogen and oxygen atoms in total. The highest BCUT2D eigenvalue weighted by molar-refractivity contribution is 5.97. The first-order valence-electron chi connectivity index (χ1n) is 12.5. The molecule has 0 spiro atoms. The molecule has 7 heteroatoms. The number of nitrogens with zero attached hydrogens (tertiary/aromatic N) is 4. The molecule has 2 atom stereocenters. The minimum Gasteiger partial charge on any atom is -0.336 e. The molecule has 2 unspecified atom stereocenters. The van der Waals surface area contributed by atoms with Crippen LogP contribution in [0.5, 0.6) is 0 Å². The third-order valence-corrected chi connectivity index (χ3v) is 7.64. The van der Waals surface area contributed by atoms with Gasteiger partial charge in [-0.15, -0.1) is 0 Å². The predicted molar refractivity (Wildman–Crippen MR) is 125 cm³/mol. The highest BCUT2D eigenvalue weighted by Crippen LogP contribution is 2.36. The molecule has 32 heavy (non-hydrogen) atoms. The Hall–Kier alpha value is -2.57. The Labute approximate surface area is 190 Å². The van der Waals surface area contributed by atoms with Crippen molar-refractivity contribution in [3.8, 4) is 0 Å². The van der Waals surface area contributed by atoms with Gasteiger partial charge < -0.3 is 19.7 Å². The summed E-state index contributed by atoms with van der Waals surface area (Å²) >= 11 is 0. The van der Waals surface area contributed by atoms with Crippen LogP contribution in [-0.2, 0) is 6.54 Å². The van der Waals surface area contributed by atoms with E-state index in [4.69, 9.17) is 0 Å². The minimum atomic E-state index is 0.0320. The van der Waals surface area contributed by atoms with Crippen LogP contribution in [0.1, 0.15) is 68.1 Å². The summed E-state index contributed by atoms with van der Waals surface area (Å²) in [7, 11) is 0. The maximum atomic E-state index is 13.3. The number of nitrogens with one attached hydrogen (secondary N) is 1. The van der Waals surface area contributed by atoms with Crippen molar-refractivity contribution in [1.29, 1.82) is 0 Å². The van der Waals surface area contributed by atoms with Crippen LogP contribution in [-0.4, -0.2) is 63.5 Å². The number of urea groups is 1. The second kappa shape index (κ2) is 9.51. The van der Waals surface area contributed by atoms with Gasteiger partial charge in [-0.25, -0.2) is 9.78 Å². The number of hydrogen-bond acceptors (Lipinski definition) is 3. The van der Waals surface area contributed by atoms with E-state index in [1.54, 1.807) is 0 Å². The maximum Gasteiger partial charge on any atom is 0.317 e. The molecule has 1 N–H and O–H groups in total. The zero-order chi connectivity index (χ0) is 21.9. The van der Waals surface area contributed by atoms with Gasteiger partial charge in [0.1, 0.15) is 0 Å². The van der Waals surface area contributed by atoms with Crippen LogP contribution in [0.4, 0.5) is 4.79 Å². The molecule has 172 valence electrons. The van der Waals surface area contributed by atoms with E-state index in [1.165, 1.54) is 32.1 Å². The first-order chi connectivity index (χ1) is 15.7. The van der Waals surface area contributed by atoms with E-state index in [0.717, 1.165) is 61.9 Å². The SMILES string of the molecule is O=C(NCCn1cnc2cc(C(=O)N3CCCC4CCCCC43)ccc21)N1CCCCC1. The molecule has 1 aliphatic carbocycles. The van der Waals surface area contributed by atoms with Crippen molar-refractivity contribution in [2.45, 2.75) is 70.4 Å². The van der Waals surface area contributed by atoms with Gasteiger partial charge in [0, 0.05) is 44.3 Å². The number of rotatable bonds is 4. The molecule has 5 rings (SSSR count). The van der Waals surface area contributed by atoms with Crippen LogP contribution in [0.25, 0.3) is 11.0 Å². The van der Waals surface area contributed by atoms with Gasteiger partial charge in [0.25, 0.3) is 5.91 Å². The quantitative estimate of drug-likeness (QED) is 0.785. The molecular formula is C25H35N5O2. The third kappa shape index (κ3) is 4.34. The van der Waals surface area contributed by atoms with Crippen LogP contribution in [0.3, 0.4) is 0 Å². The molecule has 1 aromatic heterocycles. The number of amides is 3. The smallest absolute Gasteiger partial charge is 0.317 e. The van der Waals surface area contributed by atoms with Crippen molar-refractivity contribution < 1.29 is 9.59 Å². The van der Waals surface area contributed by atoms with Crippen molar-refractivity contribution in [3.63, 3.8) is 0 Å². The van der Waals surface area contributed by atoms with E-state index < -0.39 is 0 Å². The number of likely N-dealkylation sites (tertiary alicyclic amines) is 2. The van der Waals surface area contributed by atoms with Gasteiger partial charge in [0.05, 0.1) is 17.4 Å². The maximum absolute atomic E-state index is 13.3. The topological polar surface area (TPSA) is 70.5 Å². The number of imidazole rings is 1. The number of benzene rings is 1. The Balaban J connectivity index is 1.22. The fourth-order valence-corrected chi connectivity index (χ4v) is 5.91. The Morgan fingerprint density at radius 2 is 1.78 bits per heavy atom. The number of hydrogen-bond donors (Lipinski definition) is 1. The normalized spacial score (nSPS) is 23.8. The molecular weight excluding hydrogens is 402 g/mol. The monoisotopic (exact) mass is 437 g/mol. The summed E-state index contributed by atoms with van der Waals surface area (Å²) in [5, 5.41) is 3.03. The first-order valence-corrected chi connectivity index (χ1v) is 12.5. The lowest BCUT2D eigenvalue weighted by Crippen LogP contribution is -2.49. The van der Waals surface area contributed by atoms with Crippen molar-refractivity contribution in [2.24, 2.45) is 5.92 Å². The van der Waals surface area contributed by atoms with Gasteiger partial charge in [-0.1, -0.05) is 12.8 Å². The Morgan fingerprint density at radius 3 is 2.66 bits per heavy atom. The van der Waals surface area contributed by atoms with Crippen molar-refractivity contribution in [1.82, 2.24) is 24.7 Å². The molecule has 3 fully saturated rings. The van der Waals surface area contributed by atoms with Crippen LogP contribution >= 0.6 is 0 Å². The van der Waals surface area contributed by atoms with Gasteiger partial charge in [0.15, 0.2) is 0 Å². The summed E-state index contributed by atoms with van der Waals surface area (Å²) in [6, 6.07) is 6.34. The van der Waals surface area contributed by atoms with E-state index in [1.807, 2.05) is 29.4 Å². The standard InChI is InChI=1S/C25H35N5O2/c31-24(30-15-6-8-19-7-2-3-9-22(19)30)20-10-11-23-21(17-20)27-18-29(23)16-12-26-25(32)28-13-4-1-5-14-28/h10-11,17-19,22H,1-9,12-16H2,(H,26,32). The average Bonchev–Trinajstić information content (AvgIpc) is 3.26. The molecule has 3 amide bonds. The van der Waals surface area contributed by atoms with Gasteiger partial charge in [-0.2, -0.15) is 0 Å². The number of fused-ring (bicyclic) bond motifs is 2. The molecule has 1 saturated carbocycles. The zero-order valence-corrected chi connectivity index (χ0v) is 19.0. The Morgan fingerprint density at radius 1 is 0.969 bits per heavy atom. The molecule has 2 saturated heterocycles. The number of carbonyl (C=O) groups excluding carboxylic acids is 2. The summed E-state index contributed by atoms with van der Waals surface area (Å²) in [6.45, 7) is 3.82. The van der Waals surface area contributed by atoms with Gasteiger partial charge >= 0.3 is 6.03 Å². The molecule has 3 heterocycles. The fraction of sp³-hybridized carbons (Fsp3) is 0.640. The highest BCUT2D eigenvalue weighted by Gasteiger charge is 2.36. The largest absolute Gasteiger partial charge is 0.336 e. The molecule has 2 aromatic rings. The van der Waals surface area contributed by atoms with Crippen LogP contribution in [0.15, 0.2) is 24.5 Å². The first kappa shape index (κ1) is 21.3. The lowest BCUT2D eigenvalue weighted by atomic mass is 9.78. The summed E-state index contributed by atoms with van der Waals surface area (Å²) in [6.07, 6.45) is 12.6. The van der Waals surface area contributed by atoms with E-state index in [0.29, 0.717) is 25.0 Å². The van der Waals surface area contributed by atoms with Crippen LogP contribution in [0.2, 0.25) is 0 Å². The highest BCUT2D eigenvalue weighted by atomic mass is 16.2. The average molecular weight is 438 g/mol. The van der Waals surface area contributed by atoms with Crippen LogP contribution < -0.4 is 5.32 Å². The van der Waals surface area contributed by atoms with E-state index >= 15 is 0 Å². The minimum absolute atomic E-state index is 0.0320. The van der Waals surface area contributed by atoms with E-state index in [9.17, 15) is 9.59 Å². The summed E-state index contributed by atoms with van der Waals surface area (Å²) in [5.74, 6) is 0.844. The summed E-state index contributed by atoms with van der Waals surface area (Å²) < 4.78 is 2.05. The number of piperidine rings is 2. The van der Waals surface area contributed by atoms with Crippen LogP contribution in [0, 0.1) is 5.92 Å². The summed E-state index contributed by atoms with van der Waals surface area (Å²) in [5.41, 5.74) is 2.59. The van der Waals surface area contributed by atoms with Crippen molar-refractivity contribution in [3.05, 3.63) is 30.1 Å². The Kier molecular flexibility index (Phi) is 6.32. The second-order valence-electron chi connectivity index (χ2n) is 9.67. The van der Waals surface area contributed by atoms with Crippen molar-refractivity contribution >= 4 is 23.0 Å². The molecule has 0 radical (unpaired) electrons. The predicted octanol–water partition coefficient (Wildman–Crippen LogP) is 4.03. The fourth-order valence-electron chi connectivity index (χ4n) is 5.91. The second-order valence-corrected chi connectivity index (χ2v) is 9.67. The van der Waals surface area contributed by atoms with E-state index in [-0.39, 0.29) is 11.9 Å². The van der Waals surface area contributed by atoms with Gasteiger partial charge in [-0.3, -0.25) is 4.79 Å². The molecule has 2 aliphatic heterocycles. The lowest BCUT2D eigenvalue weighted by Gasteiger charge is -2.44. The summed E-state index contributed by atoms with van der Waals surface area (Å²) in [4.78, 5) is 34.2. The third-order valence-electron chi connectivity index (χ3n) is 7.64. The Bertz CT molecular complexity index is 962. The molecule has 3 aliphatic rings. The van der Waals surface area contributed by atoms with Gasteiger partial charge in [-0.05, 0) is 69.1 Å².